The van der Waals surface area contributed by atoms with Gasteiger partial charge in [0.1, 0.15) is 11.5 Å². The largest absolute Gasteiger partial charge is 0.457 e. The Morgan fingerprint density at radius 1 is 1.03 bits per heavy atom. The molecule has 0 saturated heterocycles. The molecule has 1 amide bonds. The van der Waals surface area contributed by atoms with Crippen molar-refractivity contribution in [1.82, 2.24) is 4.98 Å². The van der Waals surface area contributed by atoms with E-state index < -0.39 is 11.7 Å². The maximum absolute atomic E-state index is 12.8. The predicted octanol–water partition coefficient (Wildman–Crippen LogP) is 6.02. The van der Waals surface area contributed by atoms with E-state index in [0.717, 1.165) is 24.2 Å². The molecule has 1 aromatic heterocycles. The Labute approximate surface area is 166 Å². The van der Waals surface area contributed by atoms with E-state index in [4.69, 9.17) is 4.74 Å². The lowest BCUT2D eigenvalue weighted by Crippen LogP contribution is -2.14. The second-order valence-corrected chi connectivity index (χ2v) is 6.40. The summed E-state index contributed by atoms with van der Waals surface area (Å²) in [5.74, 6) is 0.144. The van der Waals surface area contributed by atoms with Crippen molar-refractivity contribution in [2.45, 2.75) is 26.4 Å². The molecule has 7 heteroatoms. The van der Waals surface area contributed by atoms with E-state index in [1.807, 2.05) is 13.0 Å². The summed E-state index contributed by atoms with van der Waals surface area (Å²) in [6.45, 7) is 3.77. The van der Waals surface area contributed by atoms with Crippen molar-refractivity contribution in [3.05, 3.63) is 83.2 Å². The fraction of sp³-hybridized carbons (Fsp3) is 0.182. The zero-order chi connectivity index (χ0) is 21.0. The van der Waals surface area contributed by atoms with Gasteiger partial charge in [-0.05, 0) is 67.9 Å². The number of hydrogen-bond acceptors (Lipinski definition) is 3. The van der Waals surface area contributed by atoms with Gasteiger partial charge in [-0.3, -0.25) is 9.78 Å². The first-order valence-electron chi connectivity index (χ1n) is 8.99. The van der Waals surface area contributed by atoms with E-state index in [0.29, 0.717) is 22.7 Å². The van der Waals surface area contributed by atoms with Crippen LogP contribution in [0, 0.1) is 6.92 Å². The van der Waals surface area contributed by atoms with Gasteiger partial charge in [-0.1, -0.05) is 13.0 Å². The van der Waals surface area contributed by atoms with Gasteiger partial charge in [-0.2, -0.15) is 13.2 Å². The Morgan fingerprint density at radius 2 is 1.76 bits per heavy atom. The number of alkyl halides is 3. The third kappa shape index (κ3) is 5.13. The summed E-state index contributed by atoms with van der Waals surface area (Å²) in [5, 5.41) is 2.77. The molecule has 0 radical (unpaired) electrons. The highest BCUT2D eigenvalue weighted by Gasteiger charge is 2.30. The lowest BCUT2D eigenvalue weighted by molar-refractivity contribution is -0.137. The summed E-state index contributed by atoms with van der Waals surface area (Å²) in [4.78, 5) is 16.8. The number of pyridine rings is 1. The van der Waals surface area contributed by atoms with Crippen LogP contribution in [-0.2, 0) is 12.6 Å². The van der Waals surface area contributed by atoms with Crippen molar-refractivity contribution in [2.75, 3.05) is 5.32 Å². The Kier molecular flexibility index (Phi) is 5.87. The second kappa shape index (κ2) is 8.34. The molecular weight excluding hydrogens is 381 g/mol. The van der Waals surface area contributed by atoms with Crippen LogP contribution in [0.25, 0.3) is 0 Å². The molecular formula is C22H19F3N2O2. The number of benzene rings is 2. The molecule has 0 fully saturated rings. The maximum Gasteiger partial charge on any atom is 0.416 e. The Morgan fingerprint density at radius 3 is 2.38 bits per heavy atom. The molecule has 150 valence electrons. The van der Waals surface area contributed by atoms with Gasteiger partial charge in [-0.15, -0.1) is 0 Å². The molecule has 0 unspecified atom stereocenters. The van der Waals surface area contributed by atoms with Gasteiger partial charge in [0.2, 0.25) is 0 Å². The first-order valence-corrected chi connectivity index (χ1v) is 8.99. The monoisotopic (exact) mass is 400 g/mol. The molecule has 1 heterocycles. The molecule has 3 rings (SSSR count). The number of hydrogen-bond donors (Lipinski definition) is 1. The number of nitrogens with one attached hydrogen (secondary N) is 1. The van der Waals surface area contributed by atoms with Crippen molar-refractivity contribution in [3.63, 3.8) is 0 Å². The van der Waals surface area contributed by atoms with E-state index in [1.165, 1.54) is 12.1 Å². The minimum Gasteiger partial charge on any atom is -0.457 e. The summed E-state index contributed by atoms with van der Waals surface area (Å²) in [7, 11) is 0. The van der Waals surface area contributed by atoms with Crippen LogP contribution in [0.4, 0.5) is 18.9 Å². The normalized spacial score (nSPS) is 11.2. The number of ether oxygens (including phenoxy) is 1. The zero-order valence-electron chi connectivity index (χ0n) is 15.9. The fourth-order valence-corrected chi connectivity index (χ4v) is 2.73. The molecule has 0 aliphatic carbocycles. The van der Waals surface area contributed by atoms with E-state index in [2.05, 4.69) is 10.3 Å². The van der Waals surface area contributed by atoms with Gasteiger partial charge in [0.15, 0.2) is 0 Å². The molecule has 4 nitrogen and oxygen atoms in total. The lowest BCUT2D eigenvalue weighted by Gasteiger charge is -2.11. The fourth-order valence-electron chi connectivity index (χ4n) is 2.73. The van der Waals surface area contributed by atoms with Gasteiger partial charge in [0, 0.05) is 11.4 Å². The summed E-state index contributed by atoms with van der Waals surface area (Å²) in [6, 6.07) is 14.6. The quantitative estimate of drug-likeness (QED) is 0.570. The SMILES string of the molecule is CCc1ccc(C(=O)Nc2ccc(Oc3cccc(C(F)(F)F)c3)cc2)c(C)n1. The summed E-state index contributed by atoms with van der Waals surface area (Å²) in [5.41, 5.74) is 1.79. The lowest BCUT2D eigenvalue weighted by atomic mass is 10.1. The minimum absolute atomic E-state index is 0.0781. The second-order valence-electron chi connectivity index (χ2n) is 6.40. The summed E-state index contributed by atoms with van der Waals surface area (Å²) >= 11 is 0. The molecule has 29 heavy (non-hydrogen) atoms. The average Bonchev–Trinajstić information content (AvgIpc) is 2.69. The Balaban J connectivity index is 1.68. The smallest absolute Gasteiger partial charge is 0.416 e. The number of amides is 1. The summed E-state index contributed by atoms with van der Waals surface area (Å²) in [6.07, 6.45) is -3.65. The highest BCUT2D eigenvalue weighted by molar-refractivity contribution is 6.05. The topological polar surface area (TPSA) is 51.2 Å². The van der Waals surface area contributed by atoms with Crippen molar-refractivity contribution in [1.29, 1.82) is 0 Å². The molecule has 0 bridgehead atoms. The van der Waals surface area contributed by atoms with Crippen molar-refractivity contribution >= 4 is 11.6 Å². The molecule has 0 aliphatic heterocycles. The van der Waals surface area contributed by atoms with Crippen LogP contribution >= 0.6 is 0 Å². The standard InChI is InChI=1S/C22H19F3N2O2/c1-3-16-9-12-20(14(2)26-16)21(28)27-17-7-10-18(11-8-17)29-19-6-4-5-15(13-19)22(23,24)25/h4-13H,3H2,1-2H3,(H,27,28). The number of carbonyl (C=O) groups excluding carboxylic acids is 1. The third-order valence-corrected chi connectivity index (χ3v) is 4.26. The third-order valence-electron chi connectivity index (χ3n) is 4.26. The van der Waals surface area contributed by atoms with E-state index >= 15 is 0 Å². The van der Waals surface area contributed by atoms with Crippen LogP contribution in [0.15, 0.2) is 60.7 Å². The number of anilines is 1. The van der Waals surface area contributed by atoms with Crippen LogP contribution < -0.4 is 10.1 Å². The van der Waals surface area contributed by atoms with E-state index in [-0.39, 0.29) is 11.7 Å². The molecule has 0 saturated carbocycles. The number of rotatable bonds is 5. The predicted molar refractivity (Wildman–Crippen MR) is 104 cm³/mol. The first-order chi connectivity index (χ1) is 13.8. The average molecular weight is 400 g/mol. The first kappa shape index (κ1) is 20.4. The van der Waals surface area contributed by atoms with Gasteiger partial charge in [0.05, 0.1) is 16.8 Å². The highest BCUT2D eigenvalue weighted by Crippen LogP contribution is 2.32. The zero-order valence-corrected chi connectivity index (χ0v) is 15.9. The molecule has 1 N–H and O–H groups in total. The maximum atomic E-state index is 12.8. The molecule has 0 spiro atoms. The van der Waals surface area contributed by atoms with Gasteiger partial charge < -0.3 is 10.1 Å². The molecule has 3 aromatic rings. The number of carbonyl (C=O) groups is 1. The molecule has 0 atom stereocenters. The van der Waals surface area contributed by atoms with Crippen LogP contribution in [0.1, 0.15) is 34.2 Å². The van der Waals surface area contributed by atoms with Gasteiger partial charge in [0.25, 0.3) is 5.91 Å². The van der Waals surface area contributed by atoms with Crippen LogP contribution in [0.3, 0.4) is 0 Å². The number of aryl methyl sites for hydroxylation is 2. The van der Waals surface area contributed by atoms with Crippen molar-refractivity contribution in [3.8, 4) is 11.5 Å². The van der Waals surface area contributed by atoms with E-state index in [1.54, 1.807) is 37.3 Å². The Bertz CT molecular complexity index is 1020. The highest BCUT2D eigenvalue weighted by atomic mass is 19.4. The molecule has 0 aliphatic rings. The minimum atomic E-state index is -4.43. The van der Waals surface area contributed by atoms with Crippen LogP contribution in [-0.4, -0.2) is 10.9 Å². The van der Waals surface area contributed by atoms with Crippen LogP contribution in [0.2, 0.25) is 0 Å². The van der Waals surface area contributed by atoms with Gasteiger partial charge in [-0.25, -0.2) is 0 Å². The van der Waals surface area contributed by atoms with Crippen molar-refractivity contribution < 1.29 is 22.7 Å². The van der Waals surface area contributed by atoms with E-state index in [9.17, 15) is 18.0 Å². The number of aromatic nitrogens is 1. The Hall–Kier alpha value is -3.35. The van der Waals surface area contributed by atoms with Crippen LogP contribution in [0.5, 0.6) is 11.5 Å². The number of nitrogens with zero attached hydrogens (tertiary/aromatic N) is 1. The van der Waals surface area contributed by atoms with Gasteiger partial charge >= 0.3 is 6.18 Å². The summed E-state index contributed by atoms with van der Waals surface area (Å²) < 4.78 is 43.9. The molecule has 2 aromatic carbocycles. The van der Waals surface area contributed by atoms with Crippen molar-refractivity contribution in [2.24, 2.45) is 0 Å². The number of halogens is 3.